The Morgan fingerprint density at radius 3 is 0.379 bits per heavy atom. The van der Waals surface area contributed by atoms with Crippen LogP contribution in [0.25, 0.3) is 21.3 Å². The first-order valence-electron chi connectivity index (χ1n) is 7.42. The maximum atomic E-state index is 9.87. The predicted molar refractivity (Wildman–Crippen MR) is 98.9 cm³/mol. The van der Waals surface area contributed by atoms with Crippen LogP contribution >= 0.6 is 0 Å². The molecule has 0 spiro atoms. The van der Waals surface area contributed by atoms with Gasteiger partial charge in [0, 0.05) is 0 Å². The molecule has 0 aliphatic heterocycles. The standard InChI is InChI=1S/4C4H7NO2.Ti/c4*1-3(6)5-4(2)7;/h4*1-2H3,(H,5,6,7);/q;;;;+4/p-4. The van der Waals surface area contributed by atoms with Gasteiger partial charge in [-0.3, -0.25) is 0 Å². The number of amides is 8. The second-order valence-corrected chi connectivity index (χ2v) is 4.60. The molecule has 0 heterocycles. The molecule has 0 aromatic heterocycles. The van der Waals surface area contributed by atoms with E-state index in [9.17, 15) is 38.4 Å². The van der Waals surface area contributed by atoms with E-state index in [0.29, 0.717) is 0 Å². The zero-order valence-electron chi connectivity index (χ0n) is 17.6. The Labute approximate surface area is 184 Å². The normalized spacial score (nSPS) is 7.45. The monoisotopic (exact) mass is 448 g/mol. The van der Waals surface area contributed by atoms with Gasteiger partial charge in [-0.15, -0.1) is 0 Å². The zero-order chi connectivity index (χ0) is 23.4. The van der Waals surface area contributed by atoms with Gasteiger partial charge < -0.3 is 59.6 Å². The molecule has 160 valence electrons. The molecule has 0 aliphatic rings. The molecule has 0 aromatic rings. The summed E-state index contributed by atoms with van der Waals surface area (Å²) in [7, 11) is 0. The molecular weight excluding hydrogens is 424 g/mol. The fraction of sp³-hybridized carbons (Fsp3) is 0.500. The number of nitrogens with zero attached hydrogens (tertiary/aromatic N) is 4. The average molecular weight is 448 g/mol. The van der Waals surface area contributed by atoms with Crippen LogP contribution in [0.5, 0.6) is 0 Å². The quantitative estimate of drug-likeness (QED) is 0.500. The van der Waals surface area contributed by atoms with E-state index in [2.05, 4.69) is 21.3 Å². The van der Waals surface area contributed by atoms with Gasteiger partial charge in [0.1, 0.15) is 0 Å². The van der Waals surface area contributed by atoms with Crippen molar-refractivity contribution in [2.45, 2.75) is 55.4 Å². The summed E-state index contributed by atoms with van der Waals surface area (Å²) in [6, 6.07) is 0. The summed E-state index contributed by atoms with van der Waals surface area (Å²) in [4.78, 5) is 78.9. The van der Waals surface area contributed by atoms with E-state index < -0.39 is 47.3 Å². The number of hydrogen-bond acceptors (Lipinski definition) is 8. The van der Waals surface area contributed by atoms with Crippen LogP contribution < -0.4 is 0 Å². The molecule has 0 rings (SSSR count). The van der Waals surface area contributed by atoms with Crippen molar-refractivity contribution in [3.63, 3.8) is 0 Å². The average Bonchev–Trinajstić information content (AvgIpc) is 2.32. The van der Waals surface area contributed by atoms with Gasteiger partial charge in [0.05, 0.1) is 47.3 Å². The summed E-state index contributed by atoms with van der Waals surface area (Å²) in [6.07, 6.45) is 0. The molecule has 0 atom stereocenters. The van der Waals surface area contributed by atoms with Crippen LogP contribution in [-0.4, -0.2) is 47.3 Å². The third kappa shape index (κ3) is 77.7. The molecule has 0 N–H and O–H groups in total. The van der Waals surface area contributed by atoms with Crippen molar-refractivity contribution in [1.29, 1.82) is 0 Å². The smallest absolute Gasteiger partial charge is 0.596 e. The topological polar surface area (TPSA) is 193 Å². The molecule has 0 radical (unpaired) electrons. The molecule has 8 amide bonds. The van der Waals surface area contributed by atoms with Crippen molar-refractivity contribution in [1.82, 2.24) is 0 Å². The molecule has 0 saturated carbocycles. The molecule has 12 nitrogen and oxygen atoms in total. The molecule has 0 unspecified atom stereocenters. The minimum Gasteiger partial charge on any atom is -0.596 e. The van der Waals surface area contributed by atoms with E-state index >= 15 is 0 Å². The Morgan fingerprint density at radius 2 is 0.379 bits per heavy atom. The summed E-state index contributed by atoms with van der Waals surface area (Å²) < 4.78 is 0. The SMILES string of the molecule is CC(=O)[N-]C(C)=O.CC(=O)[N-]C(C)=O.CC(=O)[N-]C(C)=O.CC(=O)[N-]C(C)=O.[Ti+4]. The molecule has 0 fully saturated rings. The summed E-state index contributed by atoms with van der Waals surface area (Å²) in [5, 5.41) is 12.0. The van der Waals surface area contributed by atoms with Gasteiger partial charge in [-0.1, -0.05) is 0 Å². The van der Waals surface area contributed by atoms with E-state index in [0.717, 1.165) is 0 Å². The fourth-order valence-electron chi connectivity index (χ4n) is 0.887. The first-order valence-corrected chi connectivity index (χ1v) is 7.42. The molecule has 0 bridgehead atoms. The molecule has 0 aromatic carbocycles. The largest absolute Gasteiger partial charge is 4.00 e. The minimum atomic E-state index is -0.437. The molecule has 0 saturated heterocycles. The van der Waals surface area contributed by atoms with Gasteiger partial charge in [0.15, 0.2) is 0 Å². The van der Waals surface area contributed by atoms with Gasteiger partial charge >= 0.3 is 21.7 Å². The maximum absolute atomic E-state index is 9.87. The van der Waals surface area contributed by atoms with Gasteiger partial charge in [-0.25, -0.2) is 0 Å². The molecular formula is C16H24N4O8Ti. The van der Waals surface area contributed by atoms with E-state index in [1.807, 2.05) is 0 Å². The molecule has 0 aliphatic carbocycles. The van der Waals surface area contributed by atoms with Crippen LogP contribution in [0.15, 0.2) is 0 Å². The van der Waals surface area contributed by atoms with E-state index in [4.69, 9.17) is 0 Å². The third-order valence-corrected chi connectivity index (χ3v) is 1.26. The van der Waals surface area contributed by atoms with Crippen molar-refractivity contribution >= 4 is 47.3 Å². The summed E-state index contributed by atoms with van der Waals surface area (Å²) in [5.41, 5.74) is 0. The first-order chi connectivity index (χ1) is 12.5. The zero-order valence-corrected chi connectivity index (χ0v) is 19.1. The van der Waals surface area contributed by atoms with Crippen molar-refractivity contribution in [3.8, 4) is 0 Å². The Kier molecular flexibility index (Phi) is 29.8. The van der Waals surface area contributed by atoms with Crippen LogP contribution in [0.4, 0.5) is 0 Å². The Morgan fingerprint density at radius 1 is 0.310 bits per heavy atom. The Bertz CT molecular complexity index is 454. The van der Waals surface area contributed by atoms with E-state index in [-0.39, 0.29) is 21.7 Å². The van der Waals surface area contributed by atoms with Gasteiger partial charge in [0.25, 0.3) is 0 Å². The van der Waals surface area contributed by atoms with Crippen molar-refractivity contribution < 1.29 is 60.1 Å². The maximum Gasteiger partial charge on any atom is 4.00 e. The Hall–Kier alpha value is -2.73. The van der Waals surface area contributed by atoms with Crippen LogP contribution in [0.1, 0.15) is 55.4 Å². The van der Waals surface area contributed by atoms with Gasteiger partial charge in [0.2, 0.25) is 0 Å². The first kappa shape index (κ1) is 37.1. The van der Waals surface area contributed by atoms with Crippen LogP contribution in [0.2, 0.25) is 0 Å². The predicted octanol–water partition coefficient (Wildman–Crippen LogP) is 1.81. The van der Waals surface area contributed by atoms with Crippen LogP contribution in [0.3, 0.4) is 0 Å². The third-order valence-electron chi connectivity index (χ3n) is 1.26. The summed E-state index contributed by atoms with van der Waals surface area (Å²) in [6.45, 7) is 9.90. The second-order valence-electron chi connectivity index (χ2n) is 4.60. The van der Waals surface area contributed by atoms with Gasteiger partial charge in [-0.2, -0.15) is 0 Å². The van der Waals surface area contributed by atoms with Gasteiger partial charge in [-0.05, 0) is 55.4 Å². The minimum absolute atomic E-state index is 0. The molecule has 29 heavy (non-hydrogen) atoms. The van der Waals surface area contributed by atoms with Crippen molar-refractivity contribution in [2.75, 3.05) is 0 Å². The Balaban J connectivity index is -0.0000000873. The number of imide groups is 4. The fourth-order valence-corrected chi connectivity index (χ4v) is 0.887. The number of carbonyl (C=O) groups is 8. The van der Waals surface area contributed by atoms with E-state index in [1.165, 1.54) is 55.4 Å². The van der Waals surface area contributed by atoms with Crippen molar-refractivity contribution in [2.24, 2.45) is 0 Å². The second kappa shape index (κ2) is 23.3. The van der Waals surface area contributed by atoms with Crippen LogP contribution in [0, 0.1) is 0 Å². The summed E-state index contributed by atoms with van der Waals surface area (Å²) in [5.74, 6) is -3.50. The number of carbonyl (C=O) groups excluding carboxylic acids is 8. The summed E-state index contributed by atoms with van der Waals surface area (Å²) >= 11 is 0. The van der Waals surface area contributed by atoms with E-state index in [1.54, 1.807) is 0 Å². The van der Waals surface area contributed by atoms with Crippen molar-refractivity contribution in [3.05, 3.63) is 21.3 Å². The number of rotatable bonds is 0. The number of hydrogen-bond donors (Lipinski definition) is 0. The molecule has 13 heteroatoms. The van der Waals surface area contributed by atoms with Crippen LogP contribution in [-0.2, 0) is 60.1 Å².